The van der Waals surface area contributed by atoms with E-state index in [2.05, 4.69) is 11.5 Å². The fourth-order valence-corrected chi connectivity index (χ4v) is 2.84. The predicted molar refractivity (Wildman–Crippen MR) is 103 cm³/mol. The number of hydrogen-bond acceptors (Lipinski definition) is 2. The highest BCUT2D eigenvalue weighted by Crippen LogP contribution is 2.33. The Balaban J connectivity index is 2.51. The summed E-state index contributed by atoms with van der Waals surface area (Å²) >= 11 is 0. The molecule has 0 atom stereocenters. The fraction of sp³-hybridized carbons (Fsp3) is 0.286. The Morgan fingerprint density at radius 2 is 1.70 bits per heavy atom. The molecule has 6 heteroatoms. The average molecular weight is 390 g/mol. The van der Waals surface area contributed by atoms with Gasteiger partial charge in [-0.3, -0.25) is 0 Å². The molecule has 0 heterocycles. The zero-order valence-electron chi connectivity index (χ0n) is 15.7. The van der Waals surface area contributed by atoms with Gasteiger partial charge in [0.1, 0.15) is 8.07 Å². The molecule has 0 aliphatic carbocycles. The van der Waals surface area contributed by atoms with Crippen molar-refractivity contribution in [2.45, 2.75) is 32.7 Å². The number of hydrogen-bond donors (Lipinski definition) is 0. The van der Waals surface area contributed by atoms with E-state index in [1.54, 1.807) is 31.2 Å². The van der Waals surface area contributed by atoms with Crippen molar-refractivity contribution < 1.29 is 22.7 Å². The molecule has 0 N–H and O–H groups in total. The topological polar surface area (TPSA) is 26.3 Å². The van der Waals surface area contributed by atoms with Gasteiger partial charge in [-0.2, -0.15) is 13.2 Å². The number of benzene rings is 2. The van der Waals surface area contributed by atoms with Gasteiger partial charge >= 0.3 is 12.1 Å². The van der Waals surface area contributed by atoms with Crippen molar-refractivity contribution in [1.29, 1.82) is 0 Å². The Bertz CT molecular complexity index is 883. The van der Waals surface area contributed by atoms with E-state index in [4.69, 9.17) is 4.74 Å². The molecule has 0 spiro atoms. The number of ether oxygens (including phenoxy) is 1. The molecule has 0 aromatic heterocycles. The Labute approximate surface area is 158 Å². The lowest BCUT2D eigenvalue weighted by atomic mass is 9.97. The molecule has 0 aliphatic rings. The van der Waals surface area contributed by atoms with E-state index < -0.39 is 25.8 Å². The molecule has 27 heavy (non-hydrogen) atoms. The molecule has 0 amide bonds. The van der Waals surface area contributed by atoms with Gasteiger partial charge in [-0.1, -0.05) is 43.8 Å². The van der Waals surface area contributed by atoms with Crippen LogP contribution in [-0.4, -0.2) is 20.7 Å². The van der Waals surface area contributed by atoms with Crippen molar-refractivity contribution in [3.63, 3.8) is 0 Å². The number of alkyl halides is 3. The molecule has 0 fully saturated rings. The second-order valence-electron chi connectivity index (χ2n) is 7.06. The SMILES string of the molecule is CCOC(=O)c1ccc(-c2ccc(C(F)(F)F)cc2C#C[Si](C)(C)C)cc1. The Morgan fingerprint density at radius 3 is 2.22 bits per heavy atom. The summed E-state index contributed by atoms with van der Waals surface area (Å²) in [5.41, 5.74) is 4.41. The number of carbonyl (C=O) groups is 1. The summed E-state index contributed by atoms with van der Waals surface area (Å²) in [5, 5.41) is 0. The van der Waals surface area contributed by atoms with Gasteiger partial charge < -0.3 is 4.74 Å². The van der Waals surface area contributed by atoms with E-state index in [-0.39, 0.29) is 6.61 Å². The lowest BCUT2D eigenvalue weighted by molar-refractivity contribution is -0.137. The van der Waals surface area contributed by atoms with Crippen LogP contribution in [0.5, 0.6) is 0 Å². The van der Waals surface area contributed by atoms with Crippen LogP contribution in [0.15, 0.2) is 42.5 Å². The Kier molecular flexibility index (Phi) is 6.17. The highest BCUT2D eigenvalue weighted by atomic mass is 28.3. The maximum absolute atomic E-state index is 13.1. The van der Waals surface area contributed by atoms with Gasteiger partial charge in [0.2, 0.25) is 0 Å². The maximum Gasteiger partial charge on any atom is 0.416 e. The number of rotatable bonds is 3. The van der Waals surface area contributed by atoms with Crippen molar-refractivity contribution in [2.75, 3.05) is 6.61 Å². The summed E-state index contributed by atoms with van der Waals surface area (Å²) in [7, 11) is -1.76. The van der Waals surface area contributed by atoms with Crippen LogP contribution in [-0.2, 0) is 10.9 Å². The first-order valence-corrected chi connectivity index (χ1v) is 12.0. The lowest BCUT2D eigenvalue weighted by Crippen LogP contribution is -2.16. The summed E-state index contributed by atoms with van der Waals surface area (Å²) in [6.45, 7) is 8.08. The Hall–Kier alpha value is -2.52. The molecule has 0 bridgehead atoms. The summed E-state index contributed by atoms with van der Waals surface area (Å²) in [6, 6.07) is 10.1. The van der Waals surface area contributed by atoms with Crippen LogP contribution in [0.3, 0.4) is 0 Å². The molecule has 0 saturated heterocycles. The average Bonchev–Trinajstić information content (AvgIpc) is 2.58. The van der Waals surface area contributed by atoms with Crippen molar-refractivity contribution in [3.8, 4) is 22.6 Å². The van der Waals surface area contributed by atoms with E-state index in [0.29, 0.717) is 22.3 Å². The van der Waals surface area contributed by atoms with E-state index in [0.717, 1.165) is 12.1 Å². The predicted octanol–water partition coefficient (Wildman–Crippen LogP) is 5.78. The van der Waals surface area contributed by atoms with Crippen LogP contribution in [0.4, 0.5) is 13.2 Å². The van der Waals surface area contributed by atoms with E-state index >= 15 is 0 Å². The zero-order chi connectivity index (χ0) is 20.2. The molecule has 2 rings (SSSR count). The molecular formula is C21H21F3O2Si. The monoisotopic (exact) mass is 390 g/mol. The van der Waals surface area contributed by atoms with E-state index in [1.807, 2.05) is 19.6 Å². The third kappa shape index (κ3) is 5.73. The van der Waals surface area contributed by atoms with Crippen LogP contribution in [0.1, 0.15) is 28.4 Å². The standard InChI is InChI=1S/C21H21F3O2Si/c1-5-26-20(25)16-8-6-15(7-9-16)19-11-10-18(21(22,23)24)14-17(19)12-13-27(2,3)4/h6-11,14H,5H2,1-4H3. The normalized spacial score (nSPS) is 11.5. The lowest BCUT2D eigenvalue weighted by Gasteiger charge is -2.12. The second kappa shape index (κ2) is 8.01. The van der Waals surface area contributed by atoms with Crippen LogP contribution >= 0.6 is 0 Å². The minimum atomic E-state index is -4.43. The number of carbonyl (C=O) groups excluding carboxylic acids is 1. The molecule has 2 aromatic carbocycles. The third-order valence-corrected chi connectivity index (χ3v) is 4.50. The highest BCUT2D eigenvalue weighted by Gasteiger charge is 2.31. The summed E-state index contributed by atoms with van der Waals surface area (Å²) in [5.74, 6) is 2.51. The zero-order valence-corrected chi connectivity index (χ0v) is 16.7. The van der Waals surface area contributed by atoms with Crippen molar-refractivity contribution in [2.24, 2.45) is 0 Å². The van der Waals surface area contributed by atoms with Crippen LogP contribution in [0.2, 0.25) is 19.6 Å². The highest BCUT2D eigenvalue weighted by molar-refractivity contribution is 6.83. The number of halogens is 3. The van der Waals surface area contributed by atoms with Gasteiger partial charge in [0.05, 0.1) is 17.7 Å². The van der Waals surface area contributed by atoms with E-state index in [9.17, 15) is 18.0 Å². The van der Waals surface area contributed by atoms with Crippen LogP contribution in [0, 0.1) is 11.5 Å². The first-order chi connectivity index (χ1) is 12.5. The van der Waals surface area contributed by atoms with Gasteiger partial charge in [-0.05, 0) is 42.3 Å². The first-order valence-electron chi connectivity index (χ1n) is 8.53. The molecule has 0 saturated carbocycles. The summed E-state index contributed by atoms with van der Waals surface area (Å²) < 4.78 is 44.2. The summed E-state index contributed by atoms with van der Waals surface area (Å²) in [4.78, 5) is 11.8. The molecule has 2 aromatic rings. The minimum Gasteiger partial charge on any atom is -0.462 e. The fourth-order valence-electron chi connectivity index (χ4n) is 2.33. The molecule has 0 unspecified atom stereocenters. The van der Waals surface area contributed by atoms with E-state index in [1.165, 1.54) is 6.07 Å². The second-order valence-corrected chi connectivity index (χ2v) is 11.8. The van der Waals surface area contributed by atoms with Crippen LogP contribution in [0.25, 0.3) is 11.1 Å². The summed E-state index contributed by atoms with van der Waals surface area (Å²) in [6.07, 6.45) is -4.43. The molecular weight excluding hydrogens is 369 g/mol. The molecule has 142 valence electrons. The van der Waals surface area contributed by atoms with Crippen molar-refractivity contribution in [3.05, 3.63) is 59.2 Å². The first kappa shape index (κ1) is 20.8. The molecule has 0 radical (unpaired) electrons. The third-order valence-electron chi connectivity index (χ3n) is 3.63. The van der Waals surface area contributed by atoms with Gasteiger partial charge in [0, 0.05) is 5.56 Å². The van der Waals surface area contributed by atoms with Gasteiger partial charge in [0.25, 0.3) is 0 Å². The van der Waals surface area contributed by atoms with Crippen molar-refractivity contribution in [1.82, 2.24) is 0 Å². The van der Waals surface area contributed by atoms with Gasteiger partial charge in [-0.15, -0.1) is 5.54 Å². The maximum atomic E-state index is 13.1. The smallest absolute Gasteiger partial charge is 0.416 e. The van der Waals surface area contributed by atoms with Gasteiger partial charge in [0.15, 0.2) is 0 Å². The quantitative estimate of drug-likeness (QED) is 0.377. The van der Waals surface area contributed by atoms with Crippen LogP contribution < -0.4 is 0 Å². The molecule has 2 nitrogen and oxygen atoms in total. The molecule has 0 aliphatic heterocycles. The van der Waals surface area contributed by atoms with Crippen molar-refractivity contribution >= 4 is 14.0 Å². The number of esters is 1. The van der Waals surface area contributed by atoms with Gasteiger partial charge in [-0.25, -0.2) is 4.79 Å². The minimum absolute atomic E-state index is 0.274. The Morgan fingerprint density at radius 1 is 1.07 bits per heavy atom. The largest absolute Gasteiger partial charge is 0.462 e.